The monoisotopic (exact) mass is 225 g/mol. The topological polar surface area (TPSA) is 53.2 Å². The van der Waals surface area contributed by atoms with Crippen LogP contribution in [0.15, 0.2) is 24.3 Å². The first-order valence-corrected chi connectivity index (χ1v) is 5.23. The minimum atomic E-state index is -0.370. The Morgan fingerprint density at radius 2 is 2.19 bits per heavy atom. The van der Waals surface area contributed by atoms with Crippen molar-refractivity contribution in [3.63, 3.8) is 0 Å². The summed E-state index contributed by atoms with van der Waals surface area (Å²) >= 11 is 0. The second-order valence-corrected chi connectivity index (χ2v) is 3.24. The van der Waals surface area contributed by atoms with Crippen molar-refractivity contribution in [3.8, 4) is 0 Å². The highest BCUT2D eigenvalue weighted by atomic mass is 19.1. The Bertz CT molecular complexity index is 344. The summed E-state index contributed by atoms with van der Waals surface area (Å²) in [6.45, 7) is 4.11. The van der Waals surface area contributed by atoms with Gasteiger partial charge in [0.15, 0.2) is 0 Å². The number of anilines is 1. The molecular formula is C11H16FN3O. The number of nitrogens with one attached hydrogen (secondary N) is 3. The third-order valence-electron chi connectivity index (χ3n) is 1.92. The van der Waals surface area contributed by atoms with Crippen LogP contribution in [0.25, 0.3) is 0 Å². The maximum atomic E-state index is 12.8. The first kappa shape index (κ1) is 12.4. The van der Waals surface area contributed by atoms with Gasteiger partial charge in [0.05, 0.1) is 0 Å². The van der Waals surface area contributed by atoms with Gasteiger partial charge in [0.25, 0.3) is 0 Å². The van der Waals surface area contributed by atoms with Gasteiger partial charge < -0.3 is 16.0 Å². The van der Waals surface area contributed by atoms with Gasteiger partial charge in [0.2, 0.25) is 0 Å². The lowest BCUT2D eigenvalue weighted by molar-refractivity contribution is 0.252. The minimum Gasteiger partial charge on any atom is -0.337 e. The smallest absolute Gasteiger partial charge is 0.319 e. The van der Waals surface area contributed by atoms with Crippen LogP contribution in [-0.4, -0.2) is 25.7 Å². The summed E-state index contributed by atoms with van der Waals surface area (Å²) in [5.74, 6) is -0.370. The van der Waals surface area contributed by atoms with Crippen LogP contribution >= 0.6 is 0 Å². The van der Waals surface area contributed by atoms with Gasteiger partial charge in [-0.3, -0.25) is 0 Å². The first-order valence-electron chi connectivity index (χ1n) is 5.23. The number of amides is 2. The Morgan fingerprint density at radius 1 is 1.38 bits per heavy atom. The molecule has 0 heterocycles. The van der Waals surface area contributed by atoms with Crippen LogP contribution in [-0.2, 0) is 0 Å². The van der Waals surface area contributed by atoms with Gasteiger partial charge in [-0.1, -0.05) is 13.0 Å². The highest BCUT2D eigenvalue weighted by molar-refractivity contribution is 5.89. The zero-order valence-electron chi connectivity index (χ0n) is 9.22. The van der Waals surface area contributed by atoms with Crippen molar-refractivity contribution in [2.45, 2.75) is 6.92 Å². The van der Waals surface area contributed by atoms with Crippen LogP contribution in [0.5, 0.6) is 0 Å². The third kappa shape index (κ3) is 4.75. The van der Waals surface area contributed by atoms with Crippen molar-refractivity contribution in [2.75, 3.05) is 25.0 Å². The van der Waals surface area contributed by atoms with Crippen LogP contribution < -0.4 is 16.0 Å². The number of halogens is 1. The average molecular weight is 225 g/mol. The van der Waals surface area contributed by atoms with Gasteiger partial charge in [-0.05, 0) is 24.7 Å². The standard InChI is InChI=1S/C11H16FN3O/c1-2-13-6-7-14-11(16)15-10-5-3-4-9(12)8-10/h3-5,8,13H,2,6-7H2,1H3,(H2,14,15,16). The quantitative estimate of drug-likeness (QED) is 0.666. The number of rotatable bonds is 5. The number of urea groups is 1. The largest absolute Gasteiger partial charge is 0.337 e. The summed E-state index contributed by atoms with van der Waals surface area (Å²) in [4.78, 5) is 11.3. The average Bonchev–Trinajstić information content (AvgIpc) is 2.24. The van der Waals surface area contributed by atoms with Gasteiger partial charge >= 0.3 is 6.03 Å². The minimum absolute atomic E-state index is 0.330. The van der Waals surface area contributed by atoms with E-state index in [1.54, 1.807) is 12.1 Å². The molecule has 0 aliphatic rings. The summed E-state index contributed by atoms with van der Waals surface area (Å²) < 4.78 is 12.8. The summed E-state index contributed by atoms with van der Waals surface area (Å²) in [5, 5.41) is 8.27. The summed E-state index contributed by atoms with van der Waals surface area (Å²) in [5.41, 5.74) is 0.445. The maximum Gasteiger partial charge on any atom is 0.319 e. The van der Waals surface area contributed by atoms with Crippen molar-refractivity contribution in [2.24, 2.45) is 0 Å². The van der Waals surface area contributed by atoms with Gasteiger partial charge in [-0.25, -0.2) is 9.18 Å². The number of carbonyl (C=O) groups is 1. The number of likely N-dealkylation sites (N-methyl/N-ethyl adjacent to an activating group) is 1. The van der Waals surface area contributed by atoms with E-state index in [2.05, 4.69) is 16.0 Å². The second kappa shape index (κ2) is 6.79. The molecule has 0 spiro atoms. The molecule has 5 heteroatoms. The molecule has 0 aliphatic heterocycles. The third-order valence-corrected chi connectivity index (χ3v) is 1.92. The van der Waals surface area contributed by atoms with E-state index in [1.807, 2.05) is 6.92 Å². The van der Waals surface area contributed by atoms with E-state index in [0.29, 0.717) is 18.8 Å². The molecule has 0 saturated carbocycles. The summed E-state index contributed by atoms with van der Waals surface area (Å²) in [6, 6.07) is 5.44. The van der Waals surface area contributed by atoms with E-state index in [0.717, 1.165) is 6.54 Å². The van der Waals surface area contributed by atoms with Gasteiger partial charge in [0, 0.05) is 18.8 Å². The molecule has 88 valence electrons. The van der Waals surface area contributed by atoms with Crippen LogP contribution in [0.1, 0.15) is 6.92 Å². The van der Waals surface area contributed by atoms with Crippen molar-refractivity contribution in [1.29, 1.82) is 0 Å². The second-order valence-electron chi connectivity index (χ2n) is 3.24. The zero-order chi connectivity index (χ0) is 11.8. The molecule has 0 unspecified atom stereocenters. The molecule has 1 rings (SSSR count). The number of benzene rings is 1. The fourth-order valence-corrected chi connectivity index (χ4v) is 1.18. The zero-order valence-corrected chi connectivity index (χ0v) is 9.22. The Balaban J connectivity index is 2.29. The Kier molecular flexibility index (Phi) is 5.28. The summed E-state index contributed by atoms with van der Waals surface area (Å²) in [6.07, 6.45) is 0. The van der Waals surface area contributed by atoms with Crippen LogP contribution in [0.3, 0.4) is 0 Å². The predicted molar refractivity (Wildman–Crippen MR) is 62.0 cm³/mol. The van der Waals surface area contributed by atoms with Crippen molar-refractivity contribution >= 4 is 11.7 Å². The molecule has 0 radical (unpaired) electrons. The van der Waals surface area contributed by atoms with E-state index in [-0.39, 0.29) is 11.8 Å². The van der Waals surface area contributed by atoms with Crippen molar-refractivity contribution in [3.05, 3.63) is 30.1 Å². The van der Waals surface area contributed by atoms with E-state index >= 15 is 0 Å². The molecule has 16 heavy (non-hydrogen) atoms. The van der Waals surface area contributed by atoms with E-state index < -0.39 is 0 Å². The predicted octanol–water partition coefficient (Wildman–Crippen LogP) is 1.56. The molecule has 0 aliphatic carbocycles. The van der Waals surface area contributed by atoms with Crippen molar-refractivity contribution in [1.82, 2.24) is 10.6 Å². The molecule has 0 fully saturated rings. The molecule has 0 aromatic heterocycles. The molecule has 0 atom stereocenters. The van der Waals surface area contributed by atoms with E-state index in [9.17, 15) is 9.18 Å². The lowest BCUT2D eigenvalue weighted by atomic mass is 10.3. The van der Waals surface area contributed by atoms with E-state index in [1.165, 1.54) is 12.1 Å². The summed E-state index contributed by atoms with van der Waals surface area (Å²) in [7, 11) is 0. The molecule has 3 N–H and O–H groups in total. The Labute approximate surface area is 94.2 Å². The molecule has 1 aromatic carbocycles. The fraction of sp³-hybridized carbons (Fsp3) is 0.364. The SMILES string of the molecule is CCNCCNC(=O)Nc1cccc(F)c1. The number of carbonyl (C=O) groups excluding carboxylic acids is 1. The fourth-order valence-electron chi connectivity index (χ4n) is 1.18. The number of hydrogen-bond donors (Lipinski definition) is 3. The molecule has 2 amide bonds. The van der Waals surface area contributed by atoms with Gasteiger partial charge in [0.1, 0.15) is 5.82 Å². The molecular weight excluding hydrogens is 209 g/mol. The normalized spacial score (nSPS) is 9.88. The van der Waals surface area contributed by atoms with Crippen LogP contribution in [0, 0.1) is 5.82 Å². The highest BCUT2D eigenvalue weighted by Gasteiger charge is 2.00. The van der Waals surface area contributed by atoms with E-state index in [4.69, 9.17) is 0 Å². The van der Waals surface area contributed by atoms with Crippen LogP contribution in [0.2, 0.25) is 0 Å². The lowest BCUT2D eigenvalue weighted by Gasteiger charge is -2.07. The molecule has 1 aromatic rings. The molecule has 0 saturated heterocycles. The highest BCUT2D eigenvalue weighted by Crippen LogP contribution is 2.08. The van der Waals surface area contributed by atoms with Crippen molar-refractivity contribution < 1.29 is 9.18 Å². The lowest BCUT2D eigenvalue weighted by Crippen LogP contribution is -2.34. The Morgan fingerprint density at radius 3 is 2.88 bits per heavy atom. The van der Waals surface area contributed by atoms with Gasteiger partial charge in [-0.15, -0.1) is 0 Å². The maximum absolute atomic E-state index is 12.8. The molecule has 4 nitrogen and oxygen atoms in total. The number of hydrogen-bond acceptors (Lipinski definition) is 2. The Hall–Kier alpha value is -1.62. The van der Waals surface area contributed by atoms with Gasteiger partial charge in [-0.2, -0.15) is 0 Å². The first-order chi connectivity index (χ1) is 7.72. The van der Waals surface area contributed by atoms with Crippen LogP contribution in [0.4, 0.5) is 14.9 Å². The molecule has 0 bridgehead atoms.